The van der Waals surface area contributed by atoms with Crippen LogP contribution in [-0.4, -0.2) is 56.9 Å². The number of fused-ring (bicyclic) bond motifs is 1. The summed E-state index contributed by atoms with van der Waals surface area (Å²) in [5, 5.41) is 0.986. The highest BCUT2D eigenvalue weighted by Gasteiger charge is 2.26. The Labute approximate surface area is 215 Å². The van der Waals surface area contributed by atoms with E-state index < -0.39 is 10.0 Å². The van der Waals surface area contributed by atoms with Crippen molar-refractivity contribution in [3.05, 3.63) is 83.9 Å². The molecule has 1 amide bonds. The molecule has 0 atom stereocenters. The molecule has 9 heteroatoms. The molecule has 0 bridgehead atoms. The second-order valence-corrected chi connectivity index (χ2v) is 11.6. The van der Waals surface area contributed by atoms with Crippen molar-refractivity contribution < 1.29 is 13.2 Å². The molecule has 0 saturated carbocycles. The van der Waals surface area contributed by atoms with Crippen molar-refractivity contribution in [1.29, 1.82) is 0 Å². The van der Waals surface area contributed by atoms with Gasteiger partial charge in [-0.3, -0.25) is 9.10 Å². The van der Waals surface area contributed by atoms with Gasteiger partial charge in [0.25, 0.3) is 15.9 Å². The van der Waals surface area contributed by atoms with Crippen molar-refractivity contribution in [3.8, 4) is 0 Å². The molecule has 0 spiro atoms. The van der Waals surface area contributed by atoms with E-state index >= 15 is 0 Å². The zero-order chi connectivity index (χ0) is 25.3. The van der Waals surface area contributed by atoms with Gasteiger partial charge < -0.3 is 9.80 Å². The number of aryl methyl sites for hydroxylation is 1. The summed E-state index contributed by atoms with van der Waals surface area (Å²) < 4.78 is 29.0. The van der Waals surface area contributed by atoms with Crippen LogP contribution in [0.2, 0.25) is 0 Å². The van der Waals surface area contributed by atoms with Crippen molar-refractivity contribution in [2.45, 2.75) is 18.7 Å². The molecule has 1 aliphatic heterocycles. The van der Waals surface area contributed by atoms with Crippen LogP contribution in [0.5, 0.6) is 0 Å². The number of sulfonamides is 1. The number of para-hydroxylation sites is 2. The second kappa shape index (κ2) is 9.91. The lowest BCUT2D eigenvalue weighted by atomic mass is 10.2. The summed E-state index contributed by atoms with van der Waals surface area (Å²) in [6.45, 7) is 6.78. The third-order valence-electron chi connectivity index (χ3n) is 6.47. The lowest BCUT2D eigenvalue weighted by Gasteiger charge is -2.34. The molecule has 2 heterocycles. The van der Waals surface area contributed by atoms with Crippen LogP contribution in [0, 0.1) is 6.92 Å². The molecule has 1 saturated heterocycles. The third-order valence-corrected chi connectivity index (χ3v) is 9.47. The first kappa shape index (κ1) is 24.3. The van der Waals surface area contributed by atoms with E-state index in [2.05, 4.69) is 24.0 Å². The maximum Gasteiger partial charge on any atom is 0.264 e. The smallest absolute Gasteiger partial charge is 0.264 e. The Hall–Kier alpha value is -3.43. The van der Waals surface area contributed by atoms with Crippen molar-refractivity contribution in [2.24, 2.45) is 0 Å². The van der Waals surface area contributed by atoms with Gasteiger partial charge in [-0.25, -0.2) is 13.4 Å². The van der Waals surface area contributed by atoms with Crippen LogP contribution < -0.4 is 9.21 Å². The lowest BCUT2D eigenvalue weighted by molar-refractivity contribution is 0.0746. The number of amides is 1. The summed E-state index contributed by atoms with van der Waals surface area (Å²) in [5.41, 5.74) is 3.31. The van der Waals surface area contributed by atoms with Crippen LogP contribution >= 0.6 is 11.3 Å². The van der Waals surface area contributed by atoms with Gasteiger partial charge in [-0.15, -0.1) is 0 Å². The van der Waals surface area contributed by atoms with Crippen LogP contribution in [0.15, 0.2) is 77.7 Å². The number of hydrogen-bond donors (Lipinski definition) is 0. The summed E-state index contributed by atoms with van der Waals surface area (Å²) in [6.07, 6.45) is 0. The molecule has 5 rings (SSSR count). The maximum absolute atomic E-state index is 13.2. The lowest BCUT2D eigenvalue weighted by Crippen LogP contribution is -2.48. The van der Waals surface area contributed by atoms with E-state index in [0.29, 0.717) is 44.0 Å². The van der Waals surface area contributed by atoms with Crippen LogP contribution in [0.3, 0.4) is 0 Å². The molecule has 36 heavy (non-hydrogen) atoms. The average molecular weight is 521 g/mol. The minimum Gasteiger partial charge on any atom is -0.345 e. The van der Waals surface area contributed by atoms with Crippen LogP contribution in [0.1, 0.15) is 22.8 Å². The van der Waals surface area contributed by atoms with Gasteiger partial charge in [-0.1, -0.05) is 41.7 Å². The normalized spacial score (nSPS) is 14.3. The first-order valence-corrected chi connectivity index (χ1v) is 14.2. The molecule has 1 fully saturated rings. The molecule has 0 unspecified atom stereocenters. The molecule has 186 valence electrons. The summed E-state index contributed by atoms with van der Waals surface area (Å²) in [4.78, 5) is 22.2. The summed E-state index contributed by atoms with van der Waals surface area (Å²) in [7, 11) is -3.73. The molecule has 1 aliphatic rings. The molecule has 4 aromatic rings. The Balaban J connectivity index is 1.26. The van der Waals surface area contributed by atoms with Gasteiger partial charge in [0.1, 0.15) is 0 Å². The molecule has 7 nitrogen and oxygen atoms in total. The predicted octanol–water partition coefficient (Wildman–Crippen LogP) is 4.78. The minimum atomic E-state index is -3.73. The maximum atomic E-state index is 13.2. The van der Waals surface area contributed by atoms with Crippen molar-refractivity contribution in [3.63, 3.8) is 0 Å². The van der Waals surface area contributed by atoms with Crippen LogP contribution in [0.4, 0.5) is 10.8 Å². The van der Waals surface area contributed by atoms with E-state index in [1.165, 1.54) is 26.7 Å². The Bertz CT molecular complexity index is 1480. The van der Waals surface area contributed by atoms with Gasteiger partial charge in [0.15, 0.2) is 5.13 Å². The third kappa shape index (κ3) is 4.56. The number of aromatic nitrogens is 1. The predicted molar refractivity (Wildman–Crippen MR) is 146 cm³/mol. The zero-order valence-electron chi connectivity index (χ0n) is 20.3. The fraction of sp³-hybridized carbons (Fsp3) is 0.259. The fourth-order valence-corrected chi connectivity index (χ4v) is 7.04. The van der Waals surface area contributed by atoms with Gasteiger partial charge >= 0.3 is 0 Å². The van der Waals surface area contributed by atoms with E-state index in [1.54, 1.807) is 42.5 Å². The number of benzene rings is 3. The largest absolute Gasteiger partial charge is 0.345 e. The van der Waals surface area contributed by atoms with Crippen molar-refractivity contribution in [2.75, 3.05) is 41.9 Å². The van der Waals surface area contributed by atoms with Gasteiger partial charge in [0.05, 0.1) is 20.8 Å². The van der Waals surface area contributed by atoms with Gasteiger partial charge in [-0.2, -0.15) is 0 Å². The summed E-state index contributed by atoms with van der Waals surface area (Å²) in [6, 6.07) is 21.5. The van der Waals surface area contributed by atoms with Gasteiger partial charge in [0.2, 0.25) is 0 Å². The number of carbonyl (C=O) groups is 1. The highest BCUT2D eigenvalue weighted by Crippen LogP contribution is 2.31. The topological polar surface area (TPSA) is 73.8 Å². The van der Waals surface area contributed by atoms with Crippen LogP contribution in [0.25, 0.3) is 10.2 Å². The number of thiazole rings is 1. The Morgan fingerprint density at radius 3 is 2.28 bits per heavy atom. The summed E-state index contributed by atoms with van der Waals surface area (Å²) in [5.74, 6) is -0.0888. The van der Waals surface area contributed by atoms with Gasteiger partial charge in [0, 0.05) is 38.3 Å². The van der Waals surface area contributed by atoms with E-state index in [0.717, 1.165) is 10.6 Å². The monoisotopic (exact) mass is 520 g/mol. The Morgan fingerprint density at radius 2 is 1.64 bits per heavy atom. The first-order valence-electron chi connectivity index (χ1n) is 12.0. The number of anilines is 2. The number of nitrogens with zero attached hydrogens (tertiary/aromatic N) is 4. The number of carbonyl (C=O) groups excluding carboxylic acids is 1. The number of rotatable bonds is 6. The van der Waals surface area contributed by atoms with E-state index in [-0.39, 0.29) is 10.8 Å². The first-order chi connectivity index (χ1) is 17.4. The summed E-state index contributed by atoms with van der Waals surface area (Å²) >= 11 is 1.68. The van der Waals surface area contributed by atoms with Crippen LogP contribution in [-0.2, 0) is 10.0 Å². The van der Waals surface area contributed by atoms with E-state index in [4.69, 9.17) is 4.98 Å². The molecular formula is C27H28N4O3S2. The molecule has 3 aromatic carbocycles. The number of hydrogen-bond acceptors (Lipinski definition) is 6. The molecule has 0 N–H and O–H groups in total. The minimum absolute atomic E-state index is 0.0888. The zero-order valence-corrected chi connectivity index (χ0v) is 21.9. The Kier molecular flexibility index (Phi) is 6.68. The second-order valence-electron chi connectivity index (χ2n) is 8.73. The fourth-order valence-electron chi connectivity index (χ4n) is 4.48. The average Bonchev–Trinajstić information content (AvgIpc) is 3.35. The molecular weight excluding hydrogens is 492 g/mol. The quantitative estimate of drug-likeness (QED) is 0.366. The molecule has 1 aromatic heterocycles. The highest BCUT2D eigenvalue weighted by molar-refractivity contribution is 7.92. The van der Waals surface area contributed by atoms with Crippen molar-refractivity contribution >= 4 is 48.3 Å². The SMILES string of the molecule is CCN(c1ccccc1)S(=O)(=O)c1ccc(C(=O)N2CCN(c3nc4c(C)cccc4s3)CC2)cc1. The van der Waals surface area contributed by atoms with Gasteiger partial charge in [-0.05, 0) is 61.9 Å². The van der Waals surface area contributed by atoms with Crippen molar-refractivity contribution in [1.82, 2.24) is 9.88 Å². The molecule has 0 radical (unpaired) electrons. The Morgan fingerprint density at radius 1 is 0.944 bits per heavy atom. The van der Waals surface area contributed by atoms with E-state index in [1.807, 2.05) is 29.2 Å². The standard InChI is InChI=1S/C27H28N4O3S2/c1-3-31(22-9-5-4-6-10-22)36(33,34)23-14-12-21(13-15-23)26(32)29-16-18-30(19-17-29)27-28-25-20(2)8-7-11-24(25)35-27/h4-15H,3,16-19H2,1-2H3. The van der Waals surface area contributed by atoms with E-state index in [9.17, 15) is 13.2 Å². The highest BCUT2D eigenvalue weighted by atomic mass is 32.2. The molecule has 0 aliphatic carbocycles. The number of piperazine rings is 1.